The number of benzene rings is 1. The number of carbonyl (C=O) groups is 1. The van der Waals surface area contributed by atoms with Gasteiger partial charge in [0.25, 0.3) is 5.56 Å². The van der Waals surface area contributed by atoms with Gasteiger partial charge in [0.1, 0.15) is 11.5 Å². The van der Waals surface area contributed by atoms with E-state index in [4.69, 9.17) is 0 Å². The van der Waals surface area contributed by atoms with E-state index < -0.39 is 29.0 Å². The maximum absolute atomic E-state index is 13.8. The lowest BCUT2D eigenvalue weighted by molar-refractivity contribution is -0.121. The molecule has 0 spiro atoms. The van der Waals surface area contributed by atoms with E-state index in [1.54, 1.807) is 31.3 Å². The van der Waals surface area contributed by atoms with Crippen molar-refractivity contribution in [3.05, 3.63) is 80.6 Å². The summed E-state index contributed by atoms with van der Waals surface area (Å²) in [6, 6.07) is 5.82. The minimum absolute atomic E-state index is 0.149. The molecule has 1 aromatic carbocycles. The third kappa shape index (κ3) is 3.77. The third-order valence-electron chi connectivity index (χ3n) is 3.83. The first-order chi connectivity index (χ1) is 12.4. The predicted octanol–water partition coefficient (Wildman–Crippen LogP) is 0.808. The molecule has 0 saturated carbocycles. The number of halogens is 1. The van der Waals surface area contributed by atoms with Gasteiger partial charge in [-0.05, 0) is 19.1 Å². The lowest BCUT2D eigenvalue weighted by Crippen LogP contribution is -2.32. The van der Waals surface area contributed by atoms with Crippen LogP contribution >= 0.6 is 0 Å². The quantitative estimate of drug-likeness (QED) is 0.627. The van der Waals surface area contributed by atoms with Crippen LogP contribution in [-0.2, 0) is 11.2 Å². The summed E-state index contributed by atoms with van der Waals surface area (Å²) in [4.78, 5) is 39.1. The Hall–Kier alpha value is -3.49. The van der Waals surface area contributed by atoms with Crippen LogP contribution in [0.2, 0.25) is 0 Å². The van der Waals surface area contributed by atoms with Crippen molar-refractivity contribution in [3.63, 3.8) is 0 Å². The highest BCUT2D eigenvalue weighted by molar-refractivity contribution is 5.78. The Labute approximate surface area is 146 Å². The van der Waals surface area contributed by atoms with Crippen LogP contribution in [0.3, 0.4) is 0 Å². The van der Waals surface area contributed by atoms with Gasteiger partial charge in [0.2, 0.25) is 5.91 Å². The second-order valence-corrected chi connectivity index (χ2v) is 5.73. The monoisotopic (exact) mass is 357 g/mol. The highest BCUT2D eigenvalue weighted by Crippen LogP contribution is 2.16. The number of hydrogen-bond acceptors (Lipinski definition) is 4. The highest BCUT2D eigenvalue weighted by atomic mass is 19.1. The molecule has 26 heavy (non-hydrogen) atoms. The molecule has 1 amide bonds. The maximum Gasteiger partial charge on any atom is 0.325 e. The van der Waals surface area contributed by atoms with Crippen molar-refractivity contribution in [2.45, 2.75) is 19.4 Å². The summed E-state index contributed by atoms with van der Waals surface area (Å²) in [5.74, 6) is -0.801. The van der Waals surface area contributed by atoms with Gasteiger partial charge in [0.15, 0.2) is 0 Å². The van der Waals surface area contributed by atoms with Gasteiger partial charge in [0, 0.05) is 23.5 Å². The molecule has 2 heterocycles. The van der Waals surface area contributed by atoms with Crippen molar-refractivity contribution in [2.75, 3.05) is 0 Å². The molecule has 0 aliphatic rings. The average Bonchev–Trinajstić information content (AvgIpc) is 3.08. The fraction of sp³-hybridized carbons (Fsp3) is 0.176. The van der Waals surface area contributed by atoms with Gasteiger partial charge in [-0.2, -0.15) is 5.10 Å². The molecule has 0 fully saturated rings. The standard InChI is InChI=1S/C17H16FN5O3/c1-10(21-15(24)6-11-7-19-17(26)22-16(11)25)12-8-20-23(9-12)14-5-3-2-4-13(14)18/h2-5,7-10H,6H2,1H3,(H,21,24)(H2,19,22,25,26)/t10-/m0/s1. The second-order valence-electron chi connectivity index (χ2n) is 5.73. The first kappa shape index (κ1) is 17.3. The summed E-state index contributed by atoms with van der Waals surface area (Å²) in [5.41, 5.74) is -0.109. The largest absolute Gasteiger partial charge is 0.349 e. The Morgan fingerprint density at radius 1 is 1.35 bits per heavy atom. The number of hydrogen-bond donors (Lipinski definition) is 3. The number of para-hydroxylation sites is 1. The van der Waals surface area contributed by atoms with Crippen molar-refractivity contribution >= 4 is 5.91 Å². The Morgan fingerprint density at radius 2 is 2.12 bits per heavy atom. The molecule has 0 aliphatic heterocycles. The summed E-state index contributed by atoms with van der Waals surface area (Å²) >= 11 is 0. The van der Waals surface area contributed by atoms with Crippen molar-refractivity contribution in [1.29, 1.82) is 0 Å². The van der Waals surface area contributed by atoms with E-state index in [0.717, 1.165) is 0 Å². The molecular weight excluding hydrogens is 341 g/mol. The van der Waals surface area contributed by atoms with Gasteiger partial charge in [-0.1, -0.05) is 12.1 Å². The van der Waals surface area contributed by atoms with Crippen molar-refractivity contribution in [3.8, 4) is 5.69 Å². The SMILES string of the molecule is C[C@H](NC(=O)Cc1c[nH]c(=O)[nH]c1=O)c1cnn(-c2ccccc2F)c1. The van der Waals surface area contributed by atoms with Crippen LogP contribution in [0.15, 0.2) is 52.4 Å². The molecule has 0 radical (unpaired) electrons. The van der Waals surface area contributed by atoms with E-state index in [1.165, 1.54) is 23.1 Å². The number of carbonyl (C=O) groups excluding carboxylic acids is 1. The molecule has 8 nitrogen and oxygen atoms in total. The molecular formula is C17H16FN5O3. The zero-order valence-corrected chi connectivity index (χ0v) is 13.8. The second kappa shape index (κ2) is 7.18. The first-order valence-electron chi connectivity index (χ1n) is 7.84. The van der Waals surface area contributed by atoms with E-state index >= 15 is 0 Å². The van der Waals surface area contributed by atoms with Gasteiger partial charge in [-0.15, -0.1) is 0 Å². The molecule has 0 saturated heterocycles. The van der Waals surface area contributed by atoms with Crippen LogP contribution in [0.25, 0.3) is 5.69 Å². The van der Waals surface area contributed by atoms with E-state index in [1.807, 2.05) is 0 Å². The van der Waals surface area contributed by atoms with Gasteiger partial charge in [0.05, 0.1) is 18.7 Å². The molecule has 0 aliphatic carbocycles. The normalized spacial score (nSPS) is 11.9. The fourth-order valence-corrected chi connectivity index (χ4v) is 2.45. The molecule has 134 valence electrons. The lowest BCUT2D eigenvalue weighted by Gasteiger charge is -2.11. The Morgan fingerprint density at radius 3 is 2.85 bits per heavy atom. The van der Waals surface area contributed by atoms with Gasteiger partial charge >= 0.3 is 5.69 Å². The number of H-pyrrole nitrogens is 2. The summed E-state index contributed by atoms with van der Waals surface area (Å²) < 4.78 is 15.2. The number of rotatable bonds is 5. The molecule has 3 rings (SSSR count). The van der Waals surface area contributed by atoms with Gasteiger partial charge < -0.3 is 10.3 Å². The molecule has 3 N–H and O–H groups in total. The van der Waals surface area contributed by atoms with Crippen LogP contribution < -0.4 is 16.6 Å². The average molecular weight is 357 g/mol. The van der Waals surface area contributed by atoms with E-state index in [-0.39, 0.29) is 12.0 Å². The summed E-state index contributed by atoms with van der Waals surface area (Å²) in [7, 11) is 0. The molecule has 3 aromatic rings. The topological polar surface area (TPSA) is 113 Å². The van der Waals surface area contributed by atoms with Crippen LogP contribution in [0.4, 0.5) is 4.39 Å². The van der Waals surface area contributed by atoms with Gasteiger partial charge in [-0.3, -0.25) is 14.6 Å². The molecule has 2 aromatic heterocycles. The van der Waals surface area contributed by atoms with Crippen LogP contribution in [0, 0.1) is 5.82 Å². The van der Waals surface area contributed by atoms with Crippen molar-refractivity contribution in [2.24, 2.45) is 0 Å². The van der Waals surface area contributed by atoms with E-state index in [2.05, 4.69) is 20.4 Å². The maximum atomic E-state index is 13.8. The highest BCUT2D eigenvalue weighted by Gasteiger charge is 2.14. The Bertz CT molecular complexity index is 1050. The predicted molar refractivity (Wildman–Crippen MR) is 91.5 cm³/mol. The Balaban J connectivity index is 1.69. The molecule has 0 unspecified atom stereocenters. The van der Waals surface area contributed by atoms with E-state index in [9.17, 15) is 18.8 Å². The molecule has 0 bridgehead atoms. The number of nitrogens with one attached hydrogen (secondary N) is 3. The van der Waals surface area contributed by atoms with Crippen molar-refractivity contribution in [1.82, 2.24) is 25.1 Å². The minimum atomic E-state index is -0.631. The zero-order chi connectivity index (χ0) is 18.7. The number of aromatic amines is 2. The number of nitrogens with zero attached hydrogens (tertiary/aromatic N) is 2. The molecule has 9 heteroatoms. The van der Waals surface area contributed by atoms with Crippen LogP contribution in [0.5, 0.6) is 0 Å². The minimum Gasteiger partial charge on any atom is -0.349 e. The zero-order valence-electron chi connectivity index (χ0n) is 13.8. The van der Waals surface area contributed by atoms with Crippen LogP contribution in [0.1, 0.15) is 24.1 Å². The number of aromatic nitrogens is 4. The van der Waals surface area contributed by atoms with Crippen molar-refractivity contribution < 1.29 is 9.18 Å². The first-order valence-corrected chi connectivity index (χ1v) is 7.84. The Kier molecular flexibility index (Phi) is 4.78. The van der Waals surface area contributed by atoms with E-state index in [0.29, 0.717) is 11.3 Å². The van der Waals surface area contributed by atoms with Gasteiger partial charge in [-0.25, -0.2) is 13.9 Å². The third-order valence-corrected chi connectivity index (χ3v) is 3.83. The summed E-state index contributed by atoms with van der Waals surface area (Å²) in [6.07, 6.45) is 4.18. The summed E-state index contributed by atoms with van der Waals surface area (Å²) in [6.45, 7) is 1.75. The smallest absolute Gasteiger partial charge is 0.325 e. The fourth-order valence-electron chi connectivity index (χ4n) is 2.45. The summed E-state index contributed by atoms with van der Waals surface area (Å²) in [5, 5.41) is 6.85. The van der Waals surface area contributed by atoms with Crippen LogP contribution in [-0.4, -0.2) is 25.7 Å². The molecule has 1 atom stereocenters. The number of amides is 1. The lowest BCUT2D eigenvalue weighted by atomic mass is 10.1.